The van der Waals surface area contributed by atoms with Crippen LogP contribution < -0.4 is 5.73 Å². The minimum absolute atomic E-state index is 0.0368. The first-order valence-electron chi connectivity index (χ1n) is 20.3. The van der Waals surface area contributed by atoms with E-state index in [1.165, 1.54) is 64.2 Å². The van der Waals surface area contributed by atoms with Gasteiger partial charge >= 0.3 is 25.7 Å². The number of allylic oxidation sites excluding steroid dienone is 10. The van der Waals surface area contributed by atoms with Crippen LogP contribution in [0, 0.1) is 0 Å². The molecule has 0 fully saturated rings. The van der Waals surface area contributed by atoms with Crippen molar-refractivity contribution < 1.29 is 47.5 Å². The molecule has 0 aliphatic heterocycles. The molecule has 1 unspecified atom stereocenters. The number of phosphoric ester groups is 1. The van der Waals surface area contributed by atoms with Gasteiger partial charge < -0.3 is 25.2 Å². The van der Waals surface area contributed by atoms with E-state index in [4.69, 9.17) is 24.8 Å². The molecule has 0 amide bonds. The van der Waals surface area contributed by atoms with Gasteiger partial charge in [-0.05, 0) is 51.4 Å². The average molecular weight is 782 g/mol. The van der Waals surface area contributed by atoms with Crippen LogP contribution in [0.25, 0.3) is 0 Å². The maximum absolute atomic E-state index is 12.6. The SMILES string of the molecule is CCCCC/C=C/C/C=C/C/C=C/C/C=C/C/C=C/CCC(=O)O[C@@H](COC(=O)CCCCCCCCCCCCC)COP(=O)(O)OC[C@H](N)C(=O)O. The summed E-state index contributed by atoms with van der Waals surface area (Å²) in [6, 6.07) is -1.53. The minimum atomic E-state index is -4.73. The zero-order valence-corrected chi connectivity index (χ0v) is 34.2. The number of carbonyl (C=O) groups excluding carboxylic acids is 2. The Morgan fingerprint density at radius 3 is 1.54 bits per heavy atom. The molecule has 0 rings (SSSR count). The van der Waals surface area contributed by atoms with Crippen molar-refractivity contribution in [2.75, 3.05) is 19.8 Å². The lowest BCUT2D eigenvalue weighted by atomic mass is 10.1. The Morgan fingerprint density at radius 2 is 1.02 bits per heavy atom. The molecule has 0 aromatic rings. The summed E-state index contributed by atoms with van der Waals surface area (Å²) in [4.78, 5) is 45.8. The van der Waals surface area contributed by atoms with Crippen molar-refractivity contribution >= 4 is 25.7 Å². The van der Waals surface area contributed by atoms with Crippen LogP contribution in [0.5, 0.6) is 0 Å². The maximum atomic E-state index is 12.6. The monoisotopic (exact) mass is 781 g/mol. The topological polar surface area (TPSA) is 172 Å². The third-order valence-corrected chi connectivity index (χ3v) is 9.23. The summed E-state index contributed by atoms with van der Waals surface area (Å²) in [6.45, 7) is 2.67. The highest BCUT2D eigenvalue weighted by Gasteiger charge is 2.28. The molecule has 12 heteroatoms. The van der Waals surface area contributed by atoms with Gasteiger partial charge in [-0.3, -0.25) is 23.4 Å². The van der Waals surface area contributed by atoms with E-state index in [1.54, 1.807) is 0 Å². The zero-order chi connectivity index (χ0) is 40.0. The average Bonchev–Trinajstić information content (AvgIpc) is 3.14. The molecule has 0 aliphatic rings. The number of aliphatic carboxylic acids is 1. The molecule has 0 aromatic carbocycles. The highest BCUT2D eigenvalue weighted by atomic mass is 31.2. The van der Waals surface area contributed by atoms with Crippen molar-refractivity contribution in [3.63, 3.8) is 0 Å². The maximum Gasteiger partial charge on any atom is 0.472 e. The minimum Gasteiger partial charge on any atom is -0.480 e. The van der Waals surface area contributed by atoms with Crippen molar-refractivity contribution in [2.24, 2.45) is 5.73 Å². The lowest BCUT2D eigenvalue weighted by molar-refractivity contribution is -0.161. The highest BCUT2D eigenvalue weighted by molar-refractivity contribution is 7.47. The van der Waals surface area contributed by atoms with Crippen molar-refractivity contribution in [1.29, 1.82) is 0 Å². The number of rotatable bonds is 37. The molecule has 0 aromatic heterocycles. The van der Waals surface area contributed by atoms with Crippen LogP contribution in [0.4, 0.5) is 0 Å². The fourth-order valence-electron chi connectivity index (χ4n) is 5.05. The molecule has 3 atom stereocenters. The number of ether oxygens (including phenoxy) is 2. The van der Waals surface area contributed by atoms with E-state index in [-0.39, 0.29) is 19.4 Å². The summed E-state index contributed by atoms with van der Waals surface area (Å²) in [5.74, 6) is -2.49. The van der Waals surface area contributed by atoms with Gasteiger partial charge in [0.2, 0.25) is 0 Å². The first-order valence-corrected chi connectivity index (χ1v) is 21.8. The van der Waals surface area contributed by atoms with Gasteiger partial charge in [-0.1, -0.05) is 152 Å². The van der Waals surface area contributed by atoms with Gasteiger partial charge in [0.05, 0.1) is 13.2 Å². The fraction of sp³-hybridized carbons (Fsp3) is 0.690. The van der Waals surface area contributed by atoms with E-state index in [0.29, 0.717) is 12.8 Å². The van der Waals surface area contributed by atoms with E-state index in [2.05, 4.69) is 67.0 Å². The smallest absolute Gasteiger partial charge is 0.472 e. The van der Waals surface area contributed by atoms with Gasteiger partial charge in [-0.15, -0.1) is 0 Å². The zero-order valence-electron chi connectivity index (χ0n) is 33.3. The second-order valence-corrected chi connectivity index (χ2v) is 14.9. The van der Waals surface area contributed by atoms with Gasteiger partial charge in [0, 0.05) is 12.8 Å². The van der Waals surface area contributed by atoms with Crippen LogP contribution in [0.2, 0.25) is 0 Å². The summed E-state index contributed by atoms with van der Waals surface area (Å²) >= 11 is 0. The Balaban J connectivity index is 4.54. The second kappa shape index (κ2) is 37.1. The third-order valence-electron chi connectivity index (χ3n) is 8.28. The number of carbonyl (C=O) groups is 3. The first kappa shape index (κ1) is 51.2. The van der Waals surface area contributed by atoms with Crippen molar-refractivity contribution in [3.05, 3.63) is 60.8 Å². The molecule has 0 saturated carbocycles. The van der Waals surface area contributed by atoms with Crippen LogP contribution in [0.1, 0.15) is 155 Å². The van der Waals surface area contributed by atoms with Crippen LogP contribution >= 0.6 is 7.82 Å². The van der Waals surface area contributed by atoms with E-state index in [0.717, 1.165) is 51.4 Å². The van der Waals surface area contributed by atoms with Crippen molar-refractivity contribution in [2.45, 2.75) is 167 Å². The van der Waals surface area contributed by atoms with E-state index < -0.39 is 51.1 Å². The summed E-state index contributed by atoms with van der Waals surface area (Å²) in [7, 11) is -4.73. The summed E-state index contributed by atoms with van der Waals surface area (Å²) in [6.07, 6.45) is 41.6. The molecular formula is C42H72NO10P. The number of hydrogen-bond donors (Lipinski definition) is 3. The van der Waals surface area contributed by atoms with Crippen molar-refractivity contribution in [1.82, 2.24) is 0 Å². The standard InChI is InChI=1S/C42H72NO10P/c1-3-5-7-9-11-13-15-16-17-18-19-20-21-22-24-26-28-30-32-34-41(45)53-38(36-51-54(48,49)52-37-39(43)42(46)47)35-50-40(44)33-31-29-27-25-23-14-12-10-8-6-4-2/h11,13,16-17,19-20,22,24,28,30,38-39H,3-10,12,14-15,18,21,23,25-27,29,31-37,43H2,1-2H3,(H,46,47)(H,48,49)/b13-11+,17-16+,20-19+,24-22+,30-28+/t38-,39-/m0/s1. The summed E-state index contributed by atoms with van der Waals surface area (Å²) in [5, 5.41) is 8.86. The van der Waals surface area contributed by atoms with Crippen LogP contribution in [-0.2, 0) is 37.5 Å². The predicted octanol–water partition coefficient (Wildman–Crippen LogP) is 10.4. The molecule has 0 bridgehead atoms. The number of unbranched alkanes of at least 4 members (excludes halogenated alkanes) is 13. The molecule has 54 heavy (non-hydrogen) atoms. The van der Waals surface area contributed by atoms with Gasteiger partial charge in [0.15, 0.2) is 6.10 Å². The van der Waals surface area contributed by atoms with E-state index >= 15 is 0 Å². The second-order valence-electron chi connectivity index (χ2n) is 13.4. The quantitative estimate of drug-likeness (QED) is 0.0237. The van der Waals surface area contributed by atoms with Gasteiger partial charge in [-0.2, -0.15) is 0 Å². The molecule has 0 spiro atoms. The number of hydrogen-bond acceptors (Lipinski definition) is 9. The summed E-state index contributed by atoms with van der Waals surface area (Å²) in [5.41, 5.74) is 5.31. The highest BCUT2D eigenvalue weighted by Crippen LogP contribution is 2.43. The fourth-order valence-corrected chi connectivity index (χ4v) is 5.82. The number of carboxylic acid groups (broad SMARTS) is 1. The summed E-state index contributed by atoms with van der Waals surface area (Å²) < 4.78 is 32.5. The lowest BCUT2D eigenvalue weighted by Gasteiger charge is -2.20. The molecule has 4 N–H and O–H groups in total. The Kier molecular flexibility index (Phi) is 35.2. The van der Waals surface area contributed by atoms with E-state index in [1.807, 2.05) is 12.2 Å². The molecule has 0 heterocycles. The lowest BCUT2D eigenvalue weighted by Crippen LogP contribution is -2.34. The van der Waals surface area contributed by atoms with Gasteiger partial charge in [-0.25, -0.2) is 4.57 Å². The third kappa shape index (κ3) is 36.2. The van der Waals surface area contributed by atoms with Gasteiger partial charge in [0.25, 0.3) is 0 Å². The Labute approximate surface area is 326 Å². The molecule has 310 valence electrons. The van der Waals surface area contributed by atoms with Gasteiger partial charge in [0.1, 0.15) is 12.6 Å². The normalized spacial score (nSPS) is 14.4. The van der Waals surface area contributed by atoms with Crippen LogP contribution in [-0.4, -0.2) is 59.9 Å². The number of phosphoric acid groups is 1. The molecular weight excluding hydrogens is 709 g/mol. The molecule has 0 radical (unpaired) electrons. The van der Waals surface area contributed by atoms with Crippen molar-refractivity contribution in [3.8, 4) is 0 Å². The predicted molar refractivity (Wildman–Crippen MR) is 217 cm³/mol. The Hall–Kier alpha value is -2.82. The molecule has 0 aliphatic carbocycles. The Bertz CT molecular complexity index is 1150. The number of nitrogens with two attached hydrogens (primary N) is 1. The molecule has 11 nitrogen and oxygen atoms in total. The van der Waals surface area contributed by atoms with Crippen LogP contribution in [0.15, 0.2) is 60.8 Å². The first-order chi connectivity index (χ1) is 26.1. The molecule has 0 saturated heterocycles. The van der Waals surface area contributed by atoms with Crippen LogP contribution in [0.3, 0.4) is 0 Å². The number of carboxylic acids is 1. The Morgan fingerprint density at radius 1 is 0.574 bits per heavy atom. The van der Waals surface area contributed by atoms with E-state index in [9.17, 15) is 23.8 Å². The largest absolute Gasteiger partial charge is 0.480 e. The number of esters is 2.